The van der Waals surface area contributed by atoms with Crippen LogP contribution >= 0.6 is 0 Å². The molecule has 0 N–H and O–H groups in total. The van der Waals surface area contributed by atoms with Gasteiger partial charge in [0.1, 0.15) is 0 Å². The van der Waals surface area contributed by atoms with E-state index in [1.807, 2.05) is 0 Å². The van der Waals surface area contributed by atoms with Crippen molar-refractivity contribution in [3.05, 3.63) is 198 Å². The lowest BCUT2D eigenvalue weighted by molar-refractivity contribution is 0.590. The predicted octanol–water partition coefficient (Wildman–Crippen LogP) is 18.1. The van der Waals surface area contributed by atoms with Gasteiger partial charge in [0, 0.05) is 17.1 Å². The summed E-state index contributed by atoms with van der Waals surface area (Å²) in [7, 11) is 0. The second kappa shape index (κ2) is 15.3. The molecule has 0 saturated heterocycles. The Morgan fingerprint density at radius 3 is 1.37 bits per heavy atom. The van der Waals surface area contributed by atoms with Crippen molar-refractivity contribution in [2.45, 2.75) is 79.1 Å². The molecule has 0 aromatic heterocycles. The number of hydrogen-bond donors (Lipinski definition) is 0. The zero-order valence-corrected chi connectivity index (χ0v) is 38.3. The molecule has 1 aliphatic rings. The third-order valence-electron chi connectivity index (χ3n) is 13.4. The molecule has 0 atom stereocenters. The van der Waals surface area contributed by atoms with E-state index in [1.54, 1.807) is 0 Å². The van der Waals surface area contributed by atoms with Crippen LogP contribution < -0.4 is 4.90 Å². The molecule has 0 amide bonds. The van der Waals surface area contributed by atoms with Gasteiger partial charge in [0.2, 0.25) is 0 Å². The van der Waals surface area contributed by atoms with Gasteiger partial charge in [-0.2, -0.15) is 0 Å². The first-order chi connectivity index (χ1) is 30.2. The van der Waals surface area contributed by atoms with Gasteiger partial charge in [-0.1, -0.05) is 165 Å². The van der Waals surface area contributed by atoms with E-state index >= 15 is 0 Å². The number of fused-ring (bicyclic) bond motifs is 6. The van der Waals surface area contributed by atoms with Gasteiger partial charge in [-0.3, -0.25) is 0 Å². The molecule has 0 bridgehead atoms. The summed E-state index contributed by atoms with van der Waals surface area (Å²) >= 11 is 0. The molecule has 0 heterocycles. The van der Waals surface area contributed by atoms with Crippen molar-refractivity contribution in [1.29, 1.82) is 0 Å². The first-order valence-corrected chi connectivity index (χ1v) is 22.7. The zero-order chi connectivity index (χ0) is 43.8. The van der Waals surface area contributed by atoms with Crippen LogP contribution in [0.2, 0.25) is 0 Å². The highest BCUT2D eigenvalue weighted by Crippen LogP contribution is 2.52. The highest BCUT2D eigenvalue weighted by molar-refractivity contribution is 6.13. The summed E-state index contributed by atoms with van der Waals surface area (Å²) in [5, 5.41) is 5.03. The molecule has 10 rings (SSSR count). The maximum Gasteiger partial charge on any atom is 0.0493 e. The lowest BCUT2D eigenvalue weighted by atomic mass is 9.77. The molecule has 0 aliphatic heterocycles. The van der Waals surface area contributed by atoms with Crippen molar-refractivity contribution in [3.63, 3.8) is 0 Å². The van der Waals surface area contributed by atoms with Gasteiger partial charge in [0.15, 0.2) is 0 Å². The highest BCUT2D eigenvalue weighted by Gasteiger charge is 2.26. The maximum absolute atomic E-state index is 2.46. The number of nitrogens with zero attached hydrogens (tertiary/aromatic N) is 1. The van der Waals surface area contributed by atoms with Crippen molar-refractivity contribution >= 4 is 38.6 Å². The van der Waals surface area contributed by atoms with Crippen molar-refractivity contribution in [1.82, 2.24) is 0 Å². The van der Waals surface area contributed by atoms with Crippen LogP contribution in [-0.4, -0.2) is 0 Å². The molecule has 310 valence electrons. The summed E-state index contributed by atoms with van der Waals surface area (Å²) < 4.78 is 0. The van der Waals surface area contributed by atoms with Gasteiger partial charge >= 0.3 is 0 Å². The standard InChI is InChI=1S/C62H57N/c1-39(2)44-19-18-40(3)60(38-44)63(52-17-13-16-45(30-52)41-14-11-10-12-15-41)53-29-24-46-32-56-57(35-47(46)31-53)59-37-49-34-55(43-22-27-51(28-23-43)62(7,8)9)54(33-48(49)36-58(56)59)42-20-25-50(26-21-42)61(4,5)6/h10-39H,1-9H3. The van der Waals surface area contributed by atoms with Crippen LogP contribution in [0.5, 0.6) is 0 Å². The van der Waals surface area contributed by atoms with Crippen LogP contribution in [-0.2, 0) is 10.8 Å². The Balaban J connectivity index is 1.09. The first-order valence-electron chi connectivity index (χ1n) is 22.7. The Hall–Kier alpha value is -6.70. The number of anilines is 3. The van der Waals surface area contributed by atoms with Gasteiger partial charge in [-0.15, -0.1) is 0 Å². The molecule has 9 aromatic rings. The third-order valence-corrected chi connectivity index (χ3v) is 13.4. The molecule has 1 nitrogen and oxygen atoms in total. The topological polar surface area (TPSA) is 3.24 Å². The summed E-state index contributed by atoms with van der Waals surface area (Å²) in [5.74, 6) is 0.421. The molecule has 0 unspecified atom stereocenters. The average Bonchev–Trinajstić information content (AvgIpc) is 3.28. The lowest BCUT2D eigenvalue weighted by Gasteiger charge is -2.29. The van der Waals surface area contributed by atoms with Crippen molar-refractivity contribution < 1.29 is 0 Å². The van der Waals surface area contributed by atoms with Gasteiger partial charge in [-0.25, -0.2) is 0 Å². The Morgan fingerprint density at radius 2 is 0.841 bits per heavy atom. The summed E-state index contributed by atoms with van der Waals surface area (Å²) in [6.07, 6.45) is 0. The molecule has 1 aliphatic carbocycles. The lowest BCUT2D eigenvalue weighted by Crippen LogP contribution is -2.12. The SMILES string of the molecule is Cc1ccc(C(C)C)cc1N(c1cccc(-c2ccccc2)c1)c1ccc2cc3c(cc2c1)-c1cc2cc(-c4ccc(C(C)(C)C)cc4)c(-c4ccc(C(C)(C)C)cc4)cc2cc1-3. The fourth-order valence-electron chi connectivity index (χ4n) is 9.49. The van der Waals surface area contributed by atoms with E-state index in [-0.39, 0.29) is 10.8 Å². The van der Waals surface area contributed by atoms with E-state index < -0.39 is 0 Å². The van der Waals surface area contributed by atoms with Crippen LogP contribution in [0.3, 0.4) is 0 Å². The van der Waals surface area contributed by atoms with Crippen LogP contribution in [0.4, 0.5) is 17.1 Å². The minimum Gasteiger partial charge on any atom is -0.310 e. The van der Waals surface area contributed by atoms with Gasteiger partial charge < -0.3 is 4.90 Å². The largest absolute Gasteiger partial charge is 0.310 e. The fourth-order valence-corrected chi connectivity index (χ4v) is 9.49. The molecule has 1 heteroatoms. The van der Waals surface area contributed by atoms with Crippen LogP contribution in [0.25, 0.3) is 77.2 Å². The number of rotatable bonds is 7. The van der Waals surface area contributed by atoms with E-state index in [0.717, 1.165) is 11.4 Å². The Bertz CT molecular complexity index is 3190. The fraction of sp³-hybridized carbons (Fsp3) is 0.194. The molecule has 0 fully saturated rings. The van der Waals surface area contributed by atoms with E-state index in [0.29, 0.717) is 5.92 Å². The second-order valence-electron chi connectivity index (χ2n) is 20.2. The molecule has 0 saturated carbocycles. The first kappa shape index (κ1) is 40.4. The molecular formula is C62H57N. The summed E-state index contributed by atoms with van der Waals surface area (Å²) in [5.41, 5.74) is 21.7. The minimum atomic E-state index is 0.0949. The normalized spacial score (nSPS) is 12.3. The predicted molar refractivity (Wildman–Crippen MR) is 273 cm³/mol. The Morgan fingerprint density at radius 1 is 0.365 bits per heavy atom. The van der Waals surface area contributed by atoms with Crippen molar-refractivity contribution in [2.24, 2.45) is 0 Å². The van der Waals surface area contributed by atoms with E-state index in [1.165, 1.54) is 105 Å². The molecule has 0 spiro atoms. The molecule has 63 heavy (non-hydrogen) atoms. The van der Waals surface area contributed by atoms with Crippen molar-refractivity contribution in [3.8, 4) is 55.6 Å². The Labute approximate surface area is 374 Å². The number of aryl methyl sites for hydroxylation is 1. The second-order valence-corrected chi connectivity index (χ2v) is 20.2. The summed E-state index contributed by atoms with van der Waals surface area (Å²) in [6.45, 7) is 20.5. The van der Waals surface area contributed by atoms with Gasteiger partial charge in [0.25, 0.3) is 0 Å². The molecule has 0 radical (unpaired) electrons. The summed E-state index contributed by atoms with van der Waals surface area (Å²) in [4.78, 5) is 2.46. The van der Waals surface area contributed by atoms with E-state index in [2.05, 4.69) is 243 Å². The zero-order valence-electron chi connectivity index (χ0n) is 38.3. The van der Waals surface area contributed by atoms with Crippen LogP contribution in [0.1, 0.15) is 83.6 Å². The van der Waals surface area contributed by atoms with E-state index in [4.69, 9.17) is 0 Å². The summed E-state index contributed by atoms with van der Waals surface area (Å²) in [6, 6.07) is 66.7. The molecular weight excluding hydrogens is 759 g/mol. The van der Waals surface area contributed by atoms with E-state index in [9.17, 15) is 0 Å². The minimum absolute atomic E-state index is 0.0949. The average molecular weight is 816 g/mol. The molecule has 9 aromatic carbocycles. The van der Waals surface area contributed by atoms with Gasteiger partial charge in [-0.05, 0) is 190 Å². The third kappa shape index (κ3) is 7.44. The monoisotopic (exact) mass is 815 g/mol. The highest BCUT2D eigenvalue weighted by atomic mass is 15.1. The number of benzene rings is 9. The van der Waals surface area contributed by atoms with Gasteiger partial charge in [0.05, 0.1) is 0 Å². The van der Waals surface area contributed by atoms with Crippen molar-refractivity contribution in [2.75, 3.05) is 4.90 Å². The smallest absolute Gasteiger partial charge is 0.0493 e. The Kier molecular flexibility index (Phi) is 9.79. The quantitative estimate of drug-likeness (QED) is 0.155. The maximum atomic E-state index is 2.46. The van der Waals surface area contributed by atoms with Crippen LogP contribution in [0, 0.1) is 6.92 Å². The van der Waals surface area contributed by atoms with Crippen LogP contribution in [0.15, 0.2) is 176 Å². The number of hydrogen-bond acceptors (Lipinski definition) is 1.